The van der Waals surface area contributed by atoms with Gasteiger partial charge in [0.15, 0.2) is 5.96 Å². The van der Waals surface area contributed by atoms with Crippen molar-refractivity contribution in [3.05, 3.63) is 0 Å². The average Bonchev–Trinajstić information content (AvgIpc) is 2.14. The molecule has 0 fully saturated rings. The largest absolute Gasteiger partial charge is 0.356 e. The number of nitrogens with zero attached hydrogens (tertiary/aromatic N) is 1. The summed E-state index contributed by atoms with van der Waals surface area (Å²) in [4.78, 5) is 4.18. The molecule has 0 amide bonds. The molecule has 0 aromatic carbocycles. The van der Waals surface area contributed by atoms with Crippen molar-refractivity contribution in [2.24, 2.45) is 16.8 Å². The Morgan fingerprint density at radius 1 is 0.938 bits per heavy atom. The monoisotopic (exact) mass is 341 g/mol. The molecular formula is C12H28IN3. The summed E-state index contributed by atoms with van der Waals surface area (Å²) < 4.78 is 0. The van der Waals surface area contributed by atoms with E-state index >= 15 is 0 Å². The summed E-state index contributed by atoms with van der Waals surface area (Å²) in [6.45, 7) is 10.9. The van der Waals surface area contributed by atoms with E-state index in [0.29, 0.717) is 0 Å². The van der Waals surface area contributed by atoms with E-state index in [2.05, 4.69) is 43.3 Å². The highest BCUT2D eigenvalue weighted by Crippen LogP contribution is 1.97. The molecule has 2 N–H and O–H groups in total. The van der Waals surface area contributed by atoms with E-state index in [1.54, 1.807) is 0 Å². The molecule has 0 aromatic rings. The van der Waals surface area contributed by atoms with E-state index in [-0.39, 0.29) is 24.0 Å². The van der Waals surface area contributed by atoms with Gasteiger partial charge in [-0.25, -0.2) is 0 Å². The number of rotatable bonds is 6. The van der Waals surface area contributed by atoms with Gasteiger partial charge in [0.25, 0.3) is 0 Å². The number of aliphatic imine (C=N–C) groups is 1. The Bertz CT molecular complexity index is 163. The van der Waals surface area contributed by atoms with Crippen molar-refractivity contribution >= 4 is 29.9 Å². The van der Waals surface area contributed by atoms with Gasteiger partial charge < -0.3 is 10.6 Å². The highest BCUT2D eigenvalue weighted by atomic mass is 127. The first kappa shape index (κ1) is 18.4. The second kappa shape index (κ2) is 11.5. The lowest BCUT2D eigenvalue weighted by Gasteiger charge is -2.13. The highest BCUT2D eigenvalue weighted by Gasteiger charge is 1.99. The Hall–Kier alpha value is 0. The highest BCUT2D eigenvalue weighted by molar-refractivity contribution is 14.0. The Kier molecular flexibility index (Phi) is 13.2. The number of nitrogens with one attached hydrogen (secondary N) is 2. The van der Waals surface area contributed by atoms with Crippen LogP contribution in [0, 0.1) is 11.8 Å². The molecule has 0 bridgehead atoms. The van der Waals surface area contributed by atoms with Crippen molar-refractivity contribution in [1.82, 2.24) is 10.6 Å². The first-order valence-electron chi connectivity index (χ1n) is 6.00. The lowest BCUT2D eigenvalue weighted by Crippen LogP contribution is -2.38. The molecule has 0 aliphatic carbocycles. The zero-order valence-electron chi connectivity index (χ0n) is 11.3. The van der Waals surface area contributed by atoms with Crippen LogP contribution in [0.2, 0.25) is 0 Å². The molecule has 0 heterocycles. The van der Waals surface area contributed by atoms with Crippen LogP contribution in [0.4, 0.5) is 0 Å². The first-order valence-corrected chi connectivity index (χ1v) is 6.00. The number of hydrogen-bond acceptors (Lipinski definition) is 1. The maximum absolute atomic E-state index is 4.18. The van der Waals surface area contributed by atoms with Gasteiger partial charge in [-0.2, -0.15) is 0 Å². The smallest absolute Gasteiger partial charge is 0.190 e. The fourth-order valence-corrected chi connectivity index (χ4v) is 1.18. The summed E-state index contributed by atoms with van der Waals surface area (Å²) in [6, 6.07) is 0. The second-order valence-corrected chi connectivity index (χ2v) is 4.79. The summed E-state index contributed by atoms with van der Waals surface area (Å²) in [5, 5.41) is 6.63. The predicted molar refractivity (Wildman–Crippen MR) is 83.7 cm³/mol. The average molecular weight is 341 g/mol. The van der Waals surface area contributed by atoms with E-state index in [4.69, 9.17) is 0 Å². The van der Waals surface area contributed by atoms with Gasteiger partial charge in [0.2, 0.25) is 0 Å². The van der Waals surface area contributed by atoms with Crippen LogP contribution in [-0.4, -0.2) is 26.1 Å². The van der Waals surface area contributed by atoms with E-state index in [9.17, 15) is 0 Å². The molecular weight excluding hydrogens is 313 g/mol. The lowest BCUT2D eigenvalue weighted by molar-refractivity contribution is 0.559. The molecule has 0 aromatic heterocycles. The van der Waals surface area contributed by atoms with Crippen molar-refractivity contribution in [1.29, 1.82) is 0 Å². The predicted octanol–water partition coefficient (Wildman–Crippen LogP) is 2.86. The van der Waals surface area contributed by atoms with E-state index in [1.165, 1.54) is 12.8 Å². The third-order valence-electron chi connectivity index (χ3n) is 2.25. The van der Waals surface area contributed by atoms with E-state index in [1.807, 2.05) is 7.05 Å². The molecule has 0 radical (unpaired) electrons. The standard InChI is InChI=1S/C12H27N3.HI/c1-10(2)6-8-14-12(13-5)15-9-7-11(3)4;/h10-11H,6-9H2,1-5H3,(H2,13,14,15);1H. The molecule has 0 aliphatic heterocycles. The zero-order chi connectivity index (χ0) is 11.7. The Labute approximate surface area is 118 Å². The third kappa shape index (κ3) is 12.1. The fourth-order valence-electron chi connectivity index (χ4n) is 1.18. The van der Waals surface area contributed by atoms with Gasteiger partial charge in [-0.15, -0.1) is 24.0 Å². The molecule has 3 nitrogen and oxygen atoms in total. The van der Waals surface area contributed by atoms with Crippen molar-refractivity contribution in [3.8, 4) is 0 Å². The van der Waals surface area contributed by atoms with Crippen LogP contribution >= 0.6 is 24.0 Å². The van der Waals surface area contributed by atoms with Gasteiger partial charge in [0.05, 0.1) is 0 Å². The second-order valence-electron chi connectivity index (χ2n) is 4.79. The quantitative estimate of drug-likeness (QED) is 0.443. The molecule has 0 aliphatic rings. The summed E-state index contributed by atoms with van der Waals surface area (Å²) in [5.74, 6) is 2.41. The molecule has 0 unspecified atom stereocenters. The van der Waals surface area contributed by atoms with Crippen molar-refractivity contribution in [2.45, 2.75) is 40.5 Å². The normalized spacial score (nSPS) is 9.94. The molecule has 0 rings (SSSR count). The molecule has 98 valence electrons. The molecule has 0 saturated heterocycles. The number of halogens is 1. The topological polar surface area (TPSA) is 36.4 Å². The van der Waals surface area contributed by atoms with E-state index < -0.39 is 0 Å². The molecule has 0 atom stereocenters. The summed E-state index contributed by atoms with van der Waals surface area (Å²) in [6.07, 6.45) is 2.37. The number of hydrogen-bond donors (Lipinski definition) is 2. The van der Waals surface area contributed by atoms with Gasteiger partial charge in [-0.3, -0.25) is 4.99 Å². The van der Waals surface area contributed by atoms with Crippen LogP contribution < -0.4 is 10.6 Å². The van der Waals surface area contributed by atoms with Crippen molar-refractivity contribution in [3.63, 3.8) is 0 Å². The van der Waals surface area contributed by atoms with Crippen LogP contribution in [0.5, 0.6) is 0 Å². The maximum Gasteiger partial charge on any atom is 0.190 e. The fraction of sp³-hybridized carbons (Fsp3) is 0.917. The first-order chi connectivity index (χ1) is 7.06. The summed E-state index contributed by atoms with van der Waals surface area (Å²) in [7, 11) is 1.82. The SMILES string of the molecule is CN=C(NCCC(C)C)NCCC(C)C.I. The lowest BCUT2D eigenvalue weighted by atomic mass is 10.1. The van der Waals surface area contributed by atoms with Crippen LogP contribution in [0.3, 0.4) is 0 Å². The van der Waals surface area contributed by atoms with Gasteiger partial charge in [-0.1, -0.05) is 27.7 Å². The van der Waals surface area contributed by atoms with Crippen molar-refractivity contribution < 1.29 is 0 Å². The van der Waals surface area contributed by atoms with Crippen LogP contribution in [0.25, 0.3) is 0 Å². The molecule has 0 spiro atoms. The van der Waals surface area contributed by atoms with Crippen LogP contribution in [0.15, 0.2) is 4.99 Å². The maximum atomic E-state index is 4.18. The summed E-state index contributed by atoms with van der Waals surface area (Å²) in [5.41, 5.74) is 0. The number of guanidine groups is 1. The Balaban J connectivity index is 0. The Morgan fingerprint density at radius 3 is 1.56 bits per heavy atom. The third-order valence-corrected chi connectivity index (χ3v) is 2.25. The van der Waals surface area contributed by atoms with Gasteiger partial charge in [0, 0.05) is 20.1 Å². The molecule has 4 heteroatoms. The zero-order valence-corrected chi connectivity index (χ0v) is 13.7. The summed E-state index contributed by atoms with van der Waals surface area (Å²) >= 11 is 0. The minimum absolute atomic E-state index is 0. The van der Waals surface area contributed by atoms with Gasteiger partial charge in [0.1, 0.15) is 0 Å². The minimum Gasteiger partial charge on any atom is -0.356 e. The van der Waals surface area contributed by atoms with Gasteiger partial charge >= 0.3 is 0 Å². The van der Waals surface area contributed by atoms with Crippen LogP contribution in [0.1, 0.15) is 40.5 Å². The Morgan fingerprint density at radius 2 is 1.31 bits per heavy atom. The van der Waals surface area contributed by atoms with E-state index in [0.717, 1.165) is 30.9 Å². The van der Waals surface area contributed by atoms with Gasteiger partial charge in [-0.05, 0) is 24.7 Å². The molecule has 16 heavy (non-hydrogen) atoms. The molecule has 0 saturated carbocycles. The van der Waals surface area contributed by atoms with Crippen molar-refractivity contribution in [2.75, 3.05) is 20.1 Å². The van der Waals surface area contributed by atoms with Crippen LogP contribution in [-0.2, 0) is 0 Å². The minimum atomic E-state index is 0.